The summed E-state index contributed by atoms with van der Waals surface area (Å²) in [5, 5.41) is 19.8. The standard InChI is InChI=1S/C21H27NO3/c1-4-15(2)19-13-17(20(24)16-8-6-5-7-9-16)12-18(21(19)25)14-22(3)10-11-23/h5-9,12-13,15,23,25H,4,10-11,14H2,1-3H3. The molecule has 134 valence electrons. The molecule has 0 amide bonds. The molecule has 1 atom stereocenters. The molecule has 2 aromatic carbocycles. The average molecular weight is 341 g/mol. The second-order valence-electron chi connectivity index (χ2n) is 6.54. The van der Waals surface area contributed by atoms with Crippen molar-refractivity contribution >= 4 is 5.78 Å². The van der Waals surface area contributed by atoms with Gasteiger partial charge in [0.05, 0.1) is 6.61 Å². The van der Waals surface area contributed by atoms with E-state index in [1.54, 1.807) is 18.2 Å². The number of carbonyl (C=O) groups excluding carboxylic acids is 1. The summed E-state index contributed by atoms with van der Waals surface area (Å²) >= 11 is 0. The van der Waals surface area contributed by atoms with Gasteiger partial charge in [0.15, 0.2) is 5.78 Å². The summed E-state index contributed by atoms with van der Waals surface area (Å²) in [7, 11) is 1.88. The molecule has 4 nitrogen and oxygen atoms in total. The van der Waals surface area contributed by atoms with Crippen molar-refractivity contribution in [1.29, 1.82) is 0 Å². The van der Waals surface area contributed by atoms with E-state index in [9.17, 15) is 9.90 Å². The van der Waals surface area contributed by atoms with E-state index in [2.05, 4.69) is 6.92 Å². The zero-order valence-corrected chi connectivity index (χ0v) is 15.2. The number of rotatable bonds is 8. The van der Waals surface area contributed by atoms with E-state index in [1.807, 2.05) is 43.1 Å². The molecule has 0 saturated carbocycles. The second-order valence-corrected chi connectivity index (χ2v) is 6.54. The Labute approximate surface area is 149 Å². The molecule has 0 fully saturated rings. The number of hydrogen-bond acceptors (Lipinski definition) is 4. The summed E-state index contributed by atoms with van der Waals surface area (Å²) in [6.07, 6.45) is 0.877. The number of likely N-dealkylation sites (N-methyl/N-ethyl adjacent to an activating group) is 1. The molecule has 4 heteroatoms. The van der Waals surface area contributed by atoms with E-state index >= 15 is 0 Å². The monoisotopic (exact) mass is 341 g/mol. The van der Waals surface area contributed by atoms with Crippen molar-refractivity contribution in [3.8, 4) is 5.75 Å². The van der Waals surface area contributed by atoms with Crippen LogP contribution in [0.25, 0.3) is 0 Å². The molecule has 2 rings (SSSR count). The first-order chi connectivity index (χ1) is 12.0. The van der Waals surface area contributed by atoms with Crippen molar-refractivity contribution in [2.75, 3.05) is 20.2 Å². The van der Waals surface area contributed by atoms with Crippen LogP contribution in [0.2, 0.25) is 0 Å². The van der Waals surface area contributed by atoms with Crippen LogP contribution in [-0.2, 0) is 6.54 Å². The van der Waals surface area contributed by atoms with Gasteiger partial charge in [-0.1, -0.05) is 44.2 Å². The Bertz CT molecular complexity index is 713. The molecule has 1 unspecified atom stereocenters. The van der Waals surface area contributed by atoms with Crippen LogP contribution in [0.1, 0.15) is 53.2 Å². The molecule has 25 heavy (non-hydrogen) atoms. The lowest BCUT2D eigenvalue weighted by atomic mass is 9.90. The predicted molar refractivity (Wildman–Crippen MR) is 100 cm³/mol. The Kier molecular flexibility index (Phi) is 6.73. The van der Waals surface area contributed by atoms with Gasteiger partial charge in [0, 0.05) is 29.8 Å². The molecule has 0 saturated heterocycles. The molecular formula is C21H27NO3. The fourth-order valence-electron chi connectivity index (χ4n) is 2.86. The highest BCUT2D eigenvalue weighted by Crippen LogP contribution is 2.33. The van der Waals surface area contributed by atoms with Crippen LogP contribution in [0.5, 0.6) is 5.75 Å². The van der Waals surface area contributed by atoms with Gasteiger partial charge in [-0.05, 0) is 37.1 Å². The minimum Gasteiger partial charge on any atom is -0.507 e. The molecule has 0 aliphatic carbocycles. The van der Waals surface area contributed by atoms with Crippen LogP contribution >= 0.6 is 0 Å². The molecule has 0 aromatic heterocycles. The highest BCUT2D eigenvalue weighted by Gasteiger charge is 2.19. The number of ketones is 1. The van der Waals surface area contributed by atoms with Crippen LogP contribution in [-0.4, -0.2) is 41.1 Å². The summed E-state index contributed by atoms with van der Waals surface area (Å²) in [5.41, 5.74) is 2.74. The van der Waals surface area contributed by atoms with Gasteiger partial charge in [0.25, 0.3) is 0 Å². The third-order valence-electron chi connectivity index (χ3n) is 4.58. The van der Waals surface area contributed by atoms with Gasteiger partial charge in [-0.3, -0.25) is 9.69 Å². The van der Waals surface area contributed by atoms with Crippen LogP contribution in [0.3, 0.4) is 0 Å². The van der Waals surface area contributed by atoms with Crippen LogP contribution in [0, 0.1) is 0 Å². The number of aliphatic hydroxyl groups is 1. The number of aromatic hydroxyl groups is 1. The fraction of sp³-hybridized carbons (Fsp3) is 0.381. The van der Waals surface area contributed by atoms with Gasteiger partial charge >= 0.3 is 0 Å². The van der Waals surface area contributed by atoms with Gasteiger partial charge in [0.1, 0.15) is 5.75 Å². The van der Waals surface area contributed by atoms with E-state index in [4.69, 9.17) is 5.11 Å². The van der Waals surface area contributed by atoms with E-state index < -0.39 is 0 Å². The first-order valence-corrected chi connectivity index (χ1v) is 8.72. The number of phenols is 1. The lowest BCUT2D eigenvalue weighted by Gasteiger charge is -2.20. The molecule has 0 radical (unpaired) electrons. The van der Waals surface area contributed by atoms with Crippen molar-refractivity contribution in [1.82, 2.24) is 4.90 Å². The first kappa shape index (κ1) is 19.2. The van der Waals surface area contributed by atoms with Crippen molar-refractivity contribution < 1.29 is 15.0 Å². The highest BCUT2D eigenvalue weighted by molar-refractivity contribution is 6.09. The molecule has 0 aliphatic heterocycles. The first-order valence-electron chi connectivity index (χ1n) is 8.72. The Hall–Kier alpha value is -2.17. The Morgan fingerprint density at radius 1 is 1.16 bits per heavy atom. The van der Waals surface area contributed by atoms with Crippen molar-refractivity contribution in [3.05, 3.63) is 64.7 Å². The van der Waals surface area contributed by atoms with Gasteiger partial charge < -0.3 is 10.2 Å². The molecule has 2 aromatic rings. The zero-order chi connectivity index (χ0) is 18.4. The molecule has 0 heterocycles. The zero-order valence-electron chi connectivity index (χ0n) is 15.2. The predicted octanol–water partition coefficient (Wildman–Crippen LogP) is 3.56. The summed E-state index contributed by atoms with van der Waals surface area (Å²) in [6.45, 7) is 5.15. The third kappa shape index (κ3) is 4.68. The Morgan fingerprint density at radius 2 is 1.84 bits per heavy atom. The molecule has 0 spiro atoms. The number of benzene rings is 2. The smallest absolute Gasteiger partial charge is 0.193 e. The van der Waals surface area contributed by atoms with Crippen molar-refractivity contribution in [2.45, 2.75) is 32.7 Å². The van der Waals surface area contributed by atoms with Crippen LogP contribution < -0.4 is 0 Å². The number of carbonyl (C=O) groups is 1. The van der Waals surface area contributed by atoms with E-state index in [0.29, 0.717) is 29.8 Å². The fourth-order valence-corrected chi connectivity index (χ4v) is 2.86. The largest absolute Gasteiger partial charge is 0.507 e. The maximum Gasteiger partial charge on any atom is 0.193 e. The highest BCUT2D eigenvalue weighted by atomic mass is 16.3. The maximum atomic E-state index is 12.8. The van der Waals surface area contributed by atoms with Crippen molar-refractivity contribution in [3.63, 3.8) is 0 Å². The molecule has 0 aliphatic rings. The van der Waals surface area contributed by atoms with E-state index in [1.165, 1.54) is 0 Å². The average Bonchev–Trinajstić information content (AvgIpc) is 2.63. The Balaban J connectivity index is 2.47. The van der Waals surface area contributed by atoms with E-state index in [0.717, 1.165) is 12.0 Å². The quantitative estimate of drug-likeness (QED) is 0.721. The third-order valence-corrected chi connectivity index (χ3v) is 4.58. The lowest BCUT2D eigenvalue weighted by Crippen LogP contribution is -2.22. The summed E-state index contributed by atoms with van der Waals surface area (Å²) in [4.78, 5) is 14.8. The number of phenolic OH excluding ortho intramolecular Hbond substituents is 1. The van der Waals surface area contributed by atoms with Gasteiger partial charge in [-0.25, -0.2) is 0 Å². The number of nitrogens with zero attached hydrogens (tertiary/aromatic N) is 1. The van der Waals surface area contributed by atoms with Crippen LogP contribution in [0.4, 0.5) is 0 Å². The SMILES string of the molecule is CCC(C)c1cc(C(=O)c2ccccc2)cc(CN(C)CCO)c1O. The minimum atomic E-state index is -0.0452. The normalized spacial score (nSPS) is 12.4. The van der Waals surface area contributed by atoms with E-state index in [-0.39, 0.29) is 24.1 Å². The lowest BCUT2D eigenvalue weighted by molar-refractivity contribution is 0.103. The summed E-state index contributed by atoms with van der Waals surface area (Å²) in [6, 6.07) is 12.8. The summed E-state index contributed by atoms with van der Waals surface area (Å²) in [5.74, 6) is 0.366. The Morgan fingerprint density at radius 3 is 2.44 bits per heavy atom. The van der Waals surface area contributed by atoms with Gasteiger partial charge in [0.2, 0.25) is 0 Å². The number of hydrogen-bond donors (Lipinski definition) is 2. The topological polar surface area (TPSA) is 60.8 Å². The molecule has 0 bridgehead atoms. The number of aliphatic hydroxyl groups excluding tert-OH is 1. The molecular weight excluding hydrogens is 314 g/mol. The summed E-state index contributed by atoms with van der Waals surface area (Å²) < 4.78 is 0. The maximum absolute atomic E-state index is 12.8. The minimum absolute atomic E-state index is 0.0452. The van der Waals surface area contributed by atoms with Crippen LogP contribution in [0.15, 0.2) is 42.5 Å². The second kappa shape index (κ2) is 8.79. The van der Waals surface area contributed by atoms with Gasteiger partial charge in [-0.15, -0.1) is 0 Å². The van der Waals surface area contributed by atoms with Gasteiger partial charge in [-0.2, -0.15) is 0 Å². The molecule has 2 N–H and O–H groups in total. The van der Waals surface area contributed by atoms with Crippen molar-refractivity contribution in [2.24, 2.45) is 0 Å².